The minimum absolute atomic E-state index is 0.219. The Hall–Kier alpha value is -1.69. The van der Waals surface area contributed by atoms with Gasteiger partial charge in [-0.3, -0.25) is 15.8 Å². The third kappa shape index (κ3) is 1.96. The number of nitro groups is 1. The summed E-state index contributed by atoms with van der Waals surface area (Å²) in [5.41, 5.74) is 4.42. The zero-order chi connectivity index (χ0) is 11.6. The highest BCUT2D eigenvalue weighted by Crippen LogP contribution is 2.23. The first kappa shape index (κ1) is 10.8. The molecule has 0 bridgehead atoms. The first-order valence-electron chi connectivity index (χ1n) is 5.21. The fraction of sp³-hybridized carbons (Fsp3) is 0.500. The van der Waals surface area contributed by atoms with Gasteiger partial charge in [0.15, 0.2) is 0 Å². The van der Waals surface area contributed by atoms with Gasteiger partial charge >= 0.3 is 0 Å². The SMILES string of the molecule is NC1([N+](=O)[O-])CCCN(c2ccccn2)C1. The number of piperidine rings is 1. The molecule has 2 N–H and O–H groups in total. The van der Waals surface area contributed by atoms with E-state index in [0.29, 0.717) is 12.8 Å². The Balaban J connectivity index is 2.17. The monoisotopic (exact) mass is 222 g/mol. The lowest BCUT2D eigenvalue weighted by molar-refractivity contribution is -0.568. The van der Waals surface area contributed by atoms with Crippen molar-refractivity contribution < 1.29 is 4.92 Å². The Labute approximate surface area is 93.2 Å². The quantitative estimate of drug-likeness (QED) is 0.450. The fourth-order valence-corrected chi connectivity index (χ4v) is 1.95. The van der Waals surface area contributed by atoms with Crippen molar-refractivity contribution in [1.82, 2.24) is 4.98 Å². The summed E-state index contributed by atoms with van der Waals surface area (Å²) in [7, 11) is 0. The summed E-state index contributed by atoms with van der Waals surface area (Å²) in [5.74, 6) is 0.749. The Morgan fingerprint density at radius 3 is 3.00 bits per heavy atom. The van der Waals surface area contributed by atoms with Gasteiger partial charge in [0.25, 0.3) is 5.66 Å². The van der Waals surface area contributed by atoms with Gasteiger partial charge in [-0.15, -0.1) is 0 Å². The van der Waals surface area contributed by atoms with Crippen LogP contribution in [0.3, 0.4) is 0 Å². The second-order valence-electron chi connectivity index (χ2n) is 4.07. The van der Waals surface area contributed by atoms with Crippen LogP contribution in [0.15, 0.2) is 24.4 Å². The molecular formula is C10H14N4O2. The van der Waals surface area contributed by atoms with E-state index < -0.39 is 5.66 Å². The molecule has 1 aromatic rings. The summed E-state index contributed by atoms with van der Waals surface area (Å²) < 4.78 is 0. The van der Waals surface area contributed by atoms with Crippen LogP contribution >= 0.6 is 0 Å². The van der Waals surface area contributed by atoms with Crippen LogP contribution in [0.5, 0.6) is 0 Å². The first-order valence-corrected chi connectivity index (χ1v) is 5.21. The Morgan fingerprint density at radius 1 is 1.56 bits per heavy atom. The molecule has 2 rings (SSSR count). The van der Waals surface area contributed by atoms with E-state index in [1.807, 2.05) is 23.1 Å². The van der Waals surface area contributed by atoms with Crippen molar-refractivity contribution in [3.63, 3.8) is 0 Å². The number of nitrogens with two attached hydrogens (primary N) is 1. The highest BCUT2D eigenvalue weighted by Gasteiger charge is 2.42. The summed E-state index contributed by atoms with van der Waals surface area (Å²) >= 11 is 0. The van der Waals surface area contributed by atoms with Crippen molar-refractivity contribution in [2.45, 2.75) is 18.5 Å². The first-order chi connectivity index (χ1) is 7.62. The molecule has 0 amide bonds. The lowest BCUT2D eigenvalue weighted by atomic mass is 10.00. The van der Waals surface area contributed by atoms with Crippen molar-refractivity contribution in [2.24, 2.45) is 5.73 Å². The number of nitrogens with zero attached hydrogens (tertiary/aromatic N) is 3. The fourth-order valence-electron chi connectivity index (χ4n) is 1.95. The summed E-state index contributed by atoms with van der Waals surface area (Å²) in [6.45, 7) is 0.987. The van der Waals surface area contributed by atoms with Gasteiger partial charge in [0.2, 0.25) is 0 Å². The highest BCUT2D eigenvalue weighted by molar-refractivity contribution is 5.38. The van der Waals surface area contributed by atoms with Crippen LogP contribution in [0, 0.1) is 10.1 Å². The number of hydrogen-bond donors (Lipinski definition) is 1. The average Bonchev–Trinajstić information content (AvgIpc) is 2.30. The maximum absolute atomic E-state index is 10.9. The smallest absolute Gasteiger partial charge is 0.290 e. The summed E-state index contributed by atoms with van der Waals surface area (Å²) in [6.07, 6.45) is 2.81. The van der Waals surface area contributed by atoms with E-state index >= 15 is 0 Å². The van der Waals surface area contributed by atoms with E-state index in [2.05, 4.69) is 4.98 Å². The molecule has 6 heteroatoms. The van der Waals surface area contributed by atoms with Crippen LogP contribution in [0.4, 0.5) is 5.82 Å². The molecule has 0 aliphatic carbocycles. The second kappa shape index (κ2) is 4.05. The lowest BCUT2D eigenvalue weighted by Gasteiger charge is -2.34. The molecule has 1 aliphatic heterocycles. The minimum atomic E-state index is -1.34. The zero-order valence-electron chi connectivity index (χ0n) is 8.87. The third-order valence-corrected chi connectivity index (χ3v) is 2.84. The molecule has 0 aromatic carbocycles. The number of pyridine rings is 1. The van der Waals surface area contributed by atoms with Gasteiger partial charge in [-0.2, -0.15) is 0 Å². The maximum atomic E-state index is 10.9. The third-order valence-electron chi connectivity index (χ3n) is 2.84. The Morgan fingerprint density at radius 2 is 2.38 bits per heavy atom. The molecule has 2 heterocycles. The summed E-state index contributed by atoms with van der Waals surface area (Å²) in [4.78, 5) is 16.5. The molecular weight excluding hydrogens is 208 g/mol. The molecule has 86 valence electrons. The average molecular weight is 222 g/mol. The Kier molecular flexibility index (Phi) is 2.74. The number of aromatic nitrogens is 1. The van der Waals surface area contributed by atoms with E-state index in [1.54, 1.807) is 6.20 Å². The molecule has 1 saturated heterocycles. The molecule has 16 heavy (non-hydrogen) atoms. The Bertz CT molecular complexity index is 384. The molecule has 1 atom stereocenters. The largest absolute Gasteiger partial charge is 0.348 e. The maximum Gasteiger partial charge on any atom is 0.290 e. The van der Waals surface area contributed by atoms with Crippen molar-refractivity contribution in [2.75, 3.05) is 18.0 Å². The number of anilines is 1. The van der Waals surface area contributed by atoms with Crippen LogP contribution in [-0.2, 0) is 0 Å². The molecule has 0 saturated carbocycles. The van der Waals surface area contributed by atoms with Crippen LogP contribution < -0.4 is 10.6 Å². The molecule has 1 aromatic heterocycles. The predicted molar refractivity (Wildman–Crippen MR) is 59.6 cm³/mol. The van der Waals surface area contributed by atoms with Gasteiger partial charge in [0.1, 0.15) is 12.4 Å². The van der Waals surface area contributed by atoms with Crippen LogP contribution in [0.2, 0.25) is 0 Å². The van der Waals surface area contributed by atoms with Crippen molar-refractivity contribution in [1.29, 1.82) is 0 Å². The zero-order valence-corrected chi connectivity index (χ0v) is 8.87. The summed E-state index contributed by atoms with van der Waals surface area (Å²) in [5, 5.41) is 10.9. The van der Waals surface area contributed by atoms with E-state index in [1.165, 1.54) is 0 Å². The number of hydrogen-bond acceptors (Lipinski definition) is 5. The molecule has 1 fully saturated rings. The standard InChI is InChI=1S/C10H14N4O2/c11-10(14(15)16)5-3-7-13(8-10)9-4-1-2-6-12-9/h1-2,4,6H,3,5,7-8,11H2. The number of rotatable bonds is 2. The van der Waals surface area contributed by atoms with Gasteiger partial charge in [-0.1, -0.05) is 6.07 Å². The van der Waals surface area contributed by atoms with Crippen LogP contribution in [-0.4, -0.2) is 28.7 Å². The van der Waals surface area contributed by atoms with Gasteiger partial charge in [-0.05, 0) is 18.6 Å². The topological polar surface area (TPSA) is 85.3 Å². The second-order valence-corrected chi connectivity index (χ2v) is 4.07. The van der Waals surface area contributed by atoms with Crippen molar-refractivity contribution in [3.05, 3.63) is 34.5 Å². The van der Waals surface area contributed by atoms with E-state index in [9.17, 15) is 10.1 Å². The molecule has 6 nitrogen and oxygen atoms in total. The van der Waals surface area contributed by atoms with Gasteiger partial charge in [0.05, 0.1) is 0 Å². The van der Waals surface area contributed by atoms with Crippen molar-refractivity contribution >= 4 is 5.82 Å². The van der Waals surface area contributed by atoms with Gasteiger partial charge in [-0.25, -0.2) is 4.98 Å². The van der Waals surface area contributed by atoms with Crippen LogP contribution in [0.1, 0.15) is 12.8 Å². The molecule has 1 unspecified atom stereocenters. The molecule has 0 spiro atoms. The molecule has 0 radical (unpaired) electrons. The predicted octanol–water partition coefficient (Wildman–Crippen LogP) is 0.613. The summed E-state index contributed by atoms with van der Waals surface area (Å²) in [6, 6.07) is 5.52. The minimum Gasteiger partial charge on any atom is -0.348 e. The normalized spacial score (nSPS) is 25.4. The van der Waals surface area contributed by atoms with Gasteiger partial charge < -0.3 is 4.90 Å². The van der Waals surface area contributed by atoms with Crippen molar-refractivity contribution in [3.8, 4) is 0 Å². The molecule has 1 aliphatic rings. The van der Waals surface area contributed by atoms with Crippen LogP contribution in [0.25, 0.3) is 0 Å². The van der Waals surface area contributed by atoms with E-state index in [0.717, 1.165) is 12.4 Å². The van der Waals surface area contributed by atoms with Gasteiger partial charge in [0, 0.05) is 24.1 Å². The lowest BCUT2D eigenvalue weighted by Crippen LogP contribution is -2.59. The van der Waals surface area contributed by atoms with E-state index in [-0.39, 0.29) is 11.5 Å². The van der Waals surface area contributed by atoms with E-state index in [4.69, 9.17) is 5.73 Å². The highest BCUT2D eigenvalue weighted by atomic mass is 16.6.